The SMILES string of the molecule is Cc1ccc(N/C(=C(\S)C(=O)c2ccccc2)c2ccccc2)cc1. The second-order valence-corrected chi connectivity index (χ2v) is 6.22. The van der Waals surface area contributed by atoms with Gasteiger partial charge in [0.1, 0.15) is 0 Å². The Balaban J connectivity index is 2.03. The highest BCUT2D eigenvalue weighted by molar-refractivity contribution is 7.86. The highest BCUT2D eigenvalue weighted by Gasteiger charge is 2.15. The first-order valence-electron chi connectivity index (χ1n) is 8.07. The van der Waals surface area contributed by atoms with E-state index < -0.39 is 0 Å². The summed E-state index contributed by atoms with van der Waals surface area (Å²) in [4.78, 5) is 13.2. The average molecular weight is 345 g/mol. The van der Waals surface area contributed by atoms with Crippen molar-refractivity contribution >= 4 is 29.8 Å². The maximum atomic E-state index is 12.8. The largest absolute Gasteiger partial charge is 0.354 e. The van der Waals surface area contributed by atoms with E-state index in [4.69, 9.17) is 0 Å². The molecule has 3 rings (SSSR count). The molecule has 124 valence electrons. The Kier molecular flexibility index (Phi) is 5.36. The highest BCUT2D eigenvalue weighted by Crippen LogP contribution is 2.26. The van der Waals surface area contributed by atoms with Crippen molar-refractivity contribution in [1.29, 1.82) is 0 Å². The molecule has 2 nitrogen and oxygen atoms in total. The zero-order valence-electron chi connectivity index (χ0n) is 13.9. The number of carbonyl (C=O) groups excluding carboxylic acids is 1. The number of benzene rings is 3. The van der Waals surface area contributed by atoms with E-state index >= 15 is 0 Å². The minimum absolute atomic E-state index is 0.109. The molecule has 0 spiro atoms. The zero-order chi connectivity index (χ0) is 17.6. The summed E-state index contributed by atoms with van der Waals surface area (Å²) in [6.07, 6.45) is 0. The standard InChI is InChI=1S/C22H19NOS/c1-16-12-14-19(15-13-16)23-20(17-8-4-2-5-9-17)22(25)21(24)18-10-6-3-7-11-18/h2-15,23,25H,1H3/b22-20-. The third-order valence-corrected chi connectivity index (χ3v) is 4.30. The second kappa shape index (κ2) is 7.86. The summed E-state index contributed by atoms with van der Waals surface area (Å²) < 4.78 is 0. The van der Waals surface area contributed by atoms with Crippen LogP contribution in [0.1, 0.15) is 21.5 Å². The normalized spacial score (nSPS) is 11.6. The Labute approximate surface area is 153 Å². The van der Waals surface area contributed by atoms with Gasteiger partial charge in [-0.1, -0.05) is 78.4 Å². The molecule has 0 bridgehead atoms. The Hall–Kier alpha value is -2.78. The molecule has 3 heteroatoms. The summed E-state index contributed by atoms with van der Waals surface area (Å²) in [6, 6.07) is 27.0. The van der Waals surface area contributed by atoms with Crippen LogP contribution in [0.2, 0.25) is 0 Å². The van der Waals surface area contributed by atoms with Gasteiger partial charge in [0.2, 0.25) is 5.78 Å². The molecular formula is C22H19NOS. The van der Waals surface area contributed by atoms with Crippen LogP contribution in [-0.4, -0.2) is 5.78 Å². The number of carbonyl (C=O) groups is 1. The number of Topliss-reactive ketones (excluding diaryl/α,β-unsaturated/α-hetero) is 1. The van der Waals surface area contributed by atoms with Crippen molar-refractivity contribution in [3.63, 3.8) is 0 Å². The van der Waals surface area contributed by atoms with Gasteiger partial charge in [-0.25, -0.2) is 0 Å². The summed E-state index contributed by atoms with van der Waals surface area (Å²) >= 11 is 4.56. The van der Waals surface area contributed by atoms with E-state index in [9.17, 15) is 4.79 Å². The molecule has 1 N–H and O–H groups in total. The van der Waals surface area contributed by atoms with Crippen LogP contribution < -0.4 is 5.32 Å². The van der Waals surface area contributed by atoms with Gasteiger partial charge < -0.3 is 5.32 Å². The molecule has 0 aromatic heterocycles. The molecule has 0 atom stereocenters. The number of aryl methyl sites for hydroxylation is 1. The Morgan fingerprint density at radius 1 is 0.760 bits per heavy atom. The highest BCUT2D eigenvalue weighted by atomic mass is 32.1. The number of anilines is 1. The lowest BCUT2D eigenvalue weighted by atomic mass is 10.1. The molecule has 0 amide bonds. The predicted molar refractivity (Wildman–Crippen MR) is 108 cm³/mol. The molecule has 0 heterocycles. The predicted octanol–water partition coefficient (Wildman–Crippen LogP) is 5.59. The number of allylic oxidation sites excluding steroid dienone is 1. The molecule has 25 heavy (non-hydrogen) atoms. The van der Waals surface area contributed by atoms with Crippen LogP contribution in [-0.2, 0) is 0 Å². The molecule has 0 aliphatic heterocycles. The molecule has 0 saturated heterocycles. The maximum absolute atomic E-state index is 12.8. The average Bonchev–Trinajstić information content (AvgIpc) is 2.68. The van der Waals surface area contributed by atoms with E-state index in [0.29, 0.717) is 16.2 Å². The summed E-state index contributed by atoms with van der Waals surface area (Å²) in [5.41, 5.74) is 4.32. The van der Waals surface area contributed by atoms with Gasteiger partial charge in [-0.2, -0.15) is 0 Å². The van der Waals surface area contributed by atoms with Gasteiger partial charge in [0.25, 0.3) is 0 Å². The number of hydrogen-bond acceptors (Lipinski definition) is 3. The zero-order valence-corrected chi connectivity index (χ0v) is 14.8. The van der Waals surface area contributed by atoms with Crippen molar-refractivity contribution in [2.75, 3.05) is 5.32 Å². The van der Waals surface area contributed by atoms with Crippen LogP contribution in [0.5, 0.6) is 0 Å². The van der Waals surface area contributed by atoms with E-state index in [1.807, 2.05) is 79.7 Å². The van der Waals surface area contributed by atoms with Crippen molar-refractivity contribution in [1.82, 2.24) is 0 Å². The minimum atomic E-state index is -0.109. The second-order valence-electron chi connectivity index (χ2n) is 5.78. The molecule has 3 aromatic rings. The van der Waals surface area contributed by atoms with Crippen molar-refractivity contribution in [2.45, 2.75) is 6.92 Å². The summed E-state index contributed by atoms with van der Waals surface area (Å²) in [7, 11) is 0. The molecule has 0 aliphatic carbocycles. The lowest BCUT2D eigenvalue weighted by Gasteiger charge is -2.15. The quantitative estimate of drug-likeness (QED) is 0.359. The molecular weight excluding hydrogens is 326 g/mol. The first-order chi connectivity index (χ1) is 12.1. The summed E-state index contributed by atoms with van der Waals surface area (Å²) in [5.74, 6) is -0.109. The maximum Gasteiger partial charge on any atom is 0.201 e. The van der Waals surface area contributed by atoms with E-state index in [2.05, 4.69) is 17.9 Å². The van der Waals surface area contributed by atoms with Gasteiger partial charge >= 0.3 is 0 Å². The van der Waals surface area contributed by atoms with Crippen LogP contribution >= 0.6 is 12.6 Å². The van der Waals surface area contributed by atoms with E-state index in [1.165, 1.54) is 5.56 Å². The monoisotopic (exact) mass is 345 g/mol. The first-order valence-corrected chi connectivity index (χ1v) is 8.52. The third kappa shape index (κ3) is 4.20. The fourth-order valence-corrected chi connectivity index (χ4v) is 2.81. The fourth-order valence-electron chi connectivity index (χ4n) is 2.49. The lowest BCUT2D eigenvalue weighted by Crippen LogP contribution is -2.08. The molecule has 3 aromatic carbocycles. The number of hydrogen-bond donors (Lipinski definition) is 2. The van der Waals surface area contributed by atoms with E-state index in [-0.39, 0.29) is 5.78 Å². The van der Waals surface area contributed by atoms with E-state index in [1.54, 1.807) is 12.1 Å². The Morgan fingerprint density at radius 2 is 1.28 bits per heavy atom. The van der Waals surface area contributed by atoms with Gasteiger partial charge in [-0.15, -0.1) is 12.6 Å². The van der Waals surface area contributed by atoms with Crippen molar-refractivity contribution in [3.05, 3.63) is 107 Å². The number of thiol groups is 1. The van der Waals surface area contributed by atoms with Gasteiger partial charge in [0.15, 0.2) is 0 Å². The minimum Gasteiger partial charge on any atom is -0.354 e. The first kappa shape index (κ1) is 17.1. The summed E-state index contributed by atoms with van der Waals surface area (Å²) in [6.45, 7) is 2.04. The topological polar surface area (TPSA) is 29.1 Å². The molecule has 0 radical (unpaired) electrons. The van der Waals surface area contributed by atoms with Gasteiger partial charge in [0, 0.05) is 11.3 Å². The van der Waals surface area contributed by atoms with Crippen LogP contribution in [0.4, 0.5) is 5.69 Å². The Morgan fingerprint density at radius 3 is 1.84 bits per heavy atom. The van der Waals surface area contributed by atoms with Crippen LogP contribution in [0, 0.1) is 6.92 Å². The van der Waals surface area contributed by atoms with Gasteiger partial charge in [-0.05, 0) is 24.6 Å². The van der Waals surface area contributed by atoms with Crippen molar-refractivity contribution < 1.29 is 4.79 Å². The number of ketones is 1. The molecule has 0 aliphatic rings. The molecule has 0 saturated carbocycles. The number of rotatable bonds is 5. The van der Waals surface area contributed by atoms with Gasteiger partial charge in [-0.3, -0.25) is 4.79 Å². The van der Waals surface area contributed by atoms with Crippen LogP contribution in [0.3, 0.4) is 0 Å². The van der Waals surface area contributed by atoms with E-state index in [0.717, 1.165) is 11.3 Å². The van der Waals surface area contributed by atoms with Crippen molar-refractivity contribution in [3.8, 4) is 0 Å². The summed E-state index contributed by atoms with van der Waals surface area (Å²) in [5, 5.41) is 3.36. The molecule has 0 unspecified atom stereocenters. The third-order valence-electron chi connectivity index (χ3n) is 3.87. The van der Waals surface area contributed by atoms with Gasteiger partial charge in [0.05, 0.1) is 10.6 Å². The number of nitrogens with one attached hydrogen (secondary N) is 1. The molecule has 0 fully saturated rings. The Bertz CT molecular complexity index is 884. The van der Waals surface area contributed by atoms with Crippen LogP contribution in [0.15, 0.2) is 89.8 Å². The fraction of sp³-hybridized carbons (Fsp3) is 0.0455. The smallest absolute Gasteiger partial charge is 0.201 e. The van der Waals surface area contributed by atoms with Crippen LogP contribution in [0.25, 0.3) is 5.70 Å². The lowest BCUT2D eigenvalue weighted by molar-refractivity contribution is 0.104. The van der Waals surface area contributed by atoms with Crippen molar-refractivity contribution in [2.24, 2.45) is 0 Å².